The first-order chi connectivity index (χ1) is 11.2. The van der Waals surface area contributed by atoms with Crippen LogP contribution in [0.25, 0.3) is 10.2 Å². The number of thioether (sulfide) groups is 1. The van der Waals surface area contributed by atoms with Gasteiger partial charge in [-0.1, -0.05) is 11.8 Å². The zero-order valence-corrected chi connectivity index (χ0v) is 14.5. The summed E-state index contributed by atoms with van der Waals surface area (Å²) in [4.78, 5) is 28.9. The van der Waals surface area contributed by atoms with Gasteiger partial charge in [-0.3, -0.25) is 14.2 Å². The lowest BCUT2D eigenvalue weighted by atomic mass is 10.2. The van der Waals surface area contributed by atoms with Crippen LogP contribution in [-0.2, 0) is 16.1 Å². The summed E-state index contributed by atoms with van der Waals surface area (Å²) in [6.45, 7) is 3.78. The van der Waals surface area contributed by atoms with Gasteiger partial charge in [0.15, 0.2) is 5.16 Å². The van der Waals surface area contributed by atoms with Crippen molar-refractivity contribution >= 4 is 39.2 Å². The van der Waals surface area contributed by atoms with Gasteiger partial charge >= 0.3 is 0 Å². The highest BCUT2D eigenvalue weighted by Crippen LogP contribution is 2.20. The molecular formula is C15H19N3O3S2. The van der Waals surface area contributed by atoms with E-state index in [1.54, 1.807) is 4.57 Å². The van der Waals surface area contributed by atoms with E-state index in [0.29, 0.717) is 28.5 Å². The topological polar surface area (TPSA) is 73.2 Å². The smallest absolute Gasteiger partial charge is 0.272 e. The first-order valence-electron chi connectivity index (χ1n) is 7.68. The molecule has 0 aliphatic carbocycles. The van der Waals surface area contributed by atoms with Gasteiger partial charge in [0.1, 0.15) is 4.70 Å². The molecule has 2 aromatic heterocycles. The molecular weight excluding hydrogens is 334 g/mol. The number of thiophene rings is 1. The van der Waals surface area contributed by atoms with Gasteiger partial charge in [-0.15, -0.1) is 11.3 Å². The Labute approximate surface area is 142 Å². The maximum absolute atomic E-state index is 12.4. The molecule has 6 nitrogen and oxygen atoms in total. The molecule has 1 amide bonds. The molecule has 0 bridgehead atoms. The van der Waals surface area contributed by atoms with Crippen LogP contribution in [-0.4, -0.2) is 40.5 Å². The molecule has 3 rings (SSSR count). The van der Waals surface area contributed by atoms with Crippen LogP contribution in [0.3, 0.4) is 0 Å². The summed E-state index contributed by atoms with van der Waals surface area (Å²) in [6, 6.07) is 1.84. The Morgan fingerprint density at radius 1 is 1.61 bits per heavy atom. The number of carbonyl (C=O) groups is 1. The number of fused-ring (bicyclic) bond motifs is 1. The minimum absolute atomic E-state index is 0.0326. The number of amides is 1. The van der Waals surface area contributed by atoms with Crippen molar-refractivity contribution in [2.75, 3.05) is 18.9 Å². The molecule has 1 aliphatic rings. The lowest BCUT2D eigenvalue weighted by molar-refractivity contribution is -0.119. The maximum Gasteiger partial charge on any atom is 0.272 e. The summed E-state index contributed by atoms with van der Waals surface area (Å²) in [5, 5.41) is 5.34. The number of carbonyl (C=O) groups excluding carboxylic acids is 1. The Bertz CT molecular complexity index is 750. The maximum atomic E-state index is 12.4. The number of nitrogens with one attached hydrogen (secondary N) is 1. The van der Waals surface area contributed by atoms with E-state index in [0.717, 1.165) is 19.4 Å². The average molecular weight is 353 g/mol. The predicted octanol–water partition coefficient (Wildman–Crippen LogP) is 1.87. The van der Waals surface area contributed by atoms with E-state index in [-0.39, 0.29) is 23.3 Å². The van der Waals surface area contributed by atoms with Crippen LogP contribution >= 0.6 is 23.1 Å². The van der Waals surface area contributed by atoms with Gasteiger partial charge in [0.25, 0.3) is 5.56 Å². The van der Waals surface area contributed by atoms with Crippen molar-refractivity contribution in [3.05, 3.63) is 21.8 Å². The minimum Gasteiger partial charge on any atom is -0.376 e. The van der Waals surface area contributed by atoms with Crippen molar-refractivity contribution in [1.82, 2.24) is 14.9 Å². The number of rotatable bonds is 6. The van der Waals surface area contributed by atoms with Crippen LogP contribution in [0.2, 0.25) is 0 Å². The molecule has 0 spiro atoms. The SMILES string of the molecule is CCn1c(SCC(=O)NCC2CCCO2)nc2ccsc2c1=O. The van der Waals surface area contributed by atoms with E-state index in [4.69, 9.17) is 4.74 Å². The second-order valence-electron chi connectivity index (χ2n) is 5.31. The molecule has 2 aromatic rings. The van der Waals surface area contributed by atoms with Crippen molar-refractivity contribution in [3.8, 4) is 0 Å². The van der Waals surface area contributed by atoms with Crippen molar-refractivity contribution in [2.24, 2.45) is 0 Å². The standard InChI is InChI=1S/C15H19N3O3S2/c1-2-18-14(20)13-11(5-7-22-13)17-15(18)23-9-12(19)16-8-10-4-3-6-21-10/h5,7,10H,2-4,6,8-9H2,1H3,(H,16,19). The van der Waals surface area contributed by atoms with Gasteiger partial charge in [-0.05, 0) is 31.2 Å². The first-order valence-corrected chi connectivity index (χ1v) is 9.54. The highest BCUT2D eigenvalue weighted by molar-refractivity contribution is 7.99. The molecule has 1 saturated heterocycles. The minimum atomic E-state index is -0.0622. The average Bonchev–Trinajstić information content (AvgIpc) is 3.22. The van der Waals surface area contributed by atoms with E-state index >= 15 is 0 Å². The van der Waals surface area contributed by atoms with Gasteiger partial charge in [0.2, 0.25) is 5.91 Å². The summed E-state index contributed by atoms with van der Waals surface area (Å²) >= 11 is 2.70. The molecule has 1 fully saturated rings. The second-order valence-corrected chi connectivity index (χ2v) is 7.17. The van der Waals surface area contributed by atoms with E-state index in [1.165, 1.54) is 23.1 Å². The number of hydrogen-bond acceptors (Lipinski definition) is 6. The molecule has 1 unspecified atom stereocenters. The third-order valence-electron chi connectivity index (χ3n) is 3.73. The summed E-state index contributed by atoms with van der Waals surface area (Å²) in [5.74, 6) is 0.183. The molecule has 1 atom stereocenters. The number of aromatic nitrogens is 2. The molecule has 3 heterocycles. The number of nitrogens with zero attached hydrogens (tertiary/aromatic N) is 2. The predicted molar refractivity (Wildman–Crippen MR) is 92.3 cm³/mol. The normalized spacial score (nSPS) is 17.7. The Morgan fingerprint density at radius 3 is 3.22 bits per heavy atom. The van der Waals surface area contributed by atoms with Crippen LogP contribution in [0.1, 0.15) is 19.8 Å². The van der Waals surface area contributed by atoms with Crippen molar-refractivity contribution in [1.29, 1.82) is 0 Å². The number of ether oxygens (including phenoxy) is 1. The Kier molecular flexibility index (Phi) is 5.34. The summed E-state index contributed by atoms with van der Waals surface area (Å²) in [5.41, 5.74) is 0.668. The highest BCUT2D eigenvalue weighted by Gasteiger charge is 2.17. The van der Waals surface area contributed by atoms with Gasteiger partial charge < -0.3 is 10.1 Å². The third kappa shape index (κ3) is 3.76. The van der Waals surface area contributed by atoms with Crippen LogP contribution in [0, 0.1) is 0 Å². The molecule has 23 heavy (non-hydrogen) atoms. The molecule has 0 saturated carbocycles. The summed E-state index contributed by atoms with van der Waals surface area (Å²) in [7, 11) is 0. The van der Waals surface area contributed by atoms with Crippen molar-refractivity contribution < 1.29 is 9.53 Å². The molecule has 1 aliphatic heterocycles. The van der Waals surface area contributed by atoms with E-state index in [9.17, 15) is 9.59 Å². The van der Waals surface area contributed by atoms with E-state index in [1.807, 2.05) is 18.4 Å². The molecule has 0 aromatic carbocycles. The van der Waals surface area contributed by atoms with E-state index in [2.05, 4.69) is 10.3 Å². The van der Waals surface area contributed by atoms with Gasteiger partial charge in [-0.25, -0.2) is 4.98 Å². The van der Waals surface area contributed by atoms with Gasteiger partial charge in [0.05, 0.1) is 17.4 Å². The van der Waals surface area contributed by atoms with Crippen molar-refractivity contribution in [2.45, 2.75) is 37.6 Å². The lowest BCUT2D eigenvalue weighted by Gasteiger charge is -2.12. The van der Waals surface area contributed by atoms with Crippen LogP contribution in [0.4, 0.5) is 0 Å². The molecule has 0 radical (unpaired) electrons. The van der Waals surface area contributed by atoms with Crippen LogP contribution in [0.5, 0.6) is 0 Å². The van der Waals surface area contributed by atoms with Crippen LogP contribution in [0.15, 0.2) is 21.4 Å². The Balaban J connectivity index is 1.64. The van der Waals surface area contributed by atoms with Gasteiger partial charge in [-0.2, -0.15) is 0 Å². The molecule has 1 N–H and O–H groups in total. The molecule has 8 heteroatoms. The van der Waals surface area contributed by atoms with Crippen LogP contribution < -0.4 is 10.9 Å². The van der Waals surface area contributed by atoms with Crippen molar-refractivity contribution in [3.63, 3.8) is 0 Å². The monoisotopic (exact) mass is 353 g/mol. The Morgan fingerprint density at radius 2 is 2.48 bits per heavy atom. The first kappa shape index (κ1) is 16.5. The fourth-order valence-corrected chi connectivity index (χ4v) is 4.20. The fourth-order valence-electron chi connectivity index (χ4n) is 2.53. The highest BCUT2D eigenvalue weighted by atomic mass is 32.2. The summed E-state index contributed by atoms with van der Waals surface area (Å²) in [6.07, 6.45) is 2.19. The zero-order chi connectivity index (χ0) is 16.2. The van der Waals surface area contributed by atoms with E-state index < -0.39 is 0 Å². The number of hydrogen-bond donors (Lipinski definition) is 1. The molecule has 124 valence electrons. The quantitative estimate of drug-likeness (QED) is 0.634. The largest absolute Gasteiger partial charge is 0.376 e. The lowest BCUT2D eigenvalue weighted by Crippen LogP contribution is -2.33. The zero-order valence-electron chi connectivity index (χ0n) is 12.9. The third-order valence-corrected chi connectivity index (χ3v) is 5.60. The summed E-state index contributed by atoms with van der Waals surface area (Å²) < 4.78 is 7.77. The second kappa shape index (κ2) is 7.46. The van der Waals surface area contributed by atoms with Gasteiger partial charge in [0, 0.05) is 19.7 Å². The Hall–Kier alpha value is -1.38. The fraction of sp³-hybridized carbons (Fsp3) is 0.533.